The normalized spacial score (nSPS) is 17.1. The number of ether oxygens (including phenoxy) is 3. The van der Waals surface area contributed by atoms with E-state index >= 15 is 0 Å². The molecule has 0 radical (unpaired) electrons. The van der Waals surface area contributed by atoms with Crippen LogP contribution in [0.2, 0.25) is 0 Å². The van der Waals surface area contributed by atoms with Crippen LogP contribution in [-0.4, -0.2) is 85.2 Å². The Balaban J connectivity index is 1.31. The van der Waals surface area contributed by atoms with Crippen molar-refractivity contribution in [2.24, 2.45) is 0 Å². The van der Waals surface area contributed by atoms with Crippen LogP contribution in [-0.2, 0) is 14.6 Å². The SMILES string of the molecule is COc1nc(Nc2nccc(-c3ccc(OC4CCOCC4)c(C#N)c3)n2)ccc1C(=O)N1CCS(=O)(=O)CC1. The van der Waals surface area contributed by atoms with Crippen LogP contribution in [0.15, 0.2) is 42.6 Å². The van der Waals surface area contributed by atoms with Crippen molar-refractivity contribution in [3.8, 4) is 29.0 Å². The highest BCUT2D eigenvalue weighted by atomic mass is 32.2. The maximum absolute atomic E-state index is 13.0. The highest BCUT2D eigenvalue weighted by Crippen LogP contribution is 2.28. The number of hydrogen-bond donors (Lipinski definition) is 1. The Morgan fingerprint density at radius 3 is 2.62 bits per heavy atom. The summed E-state index contributed by atoms with van der Waals surface area (Å²) in [4.78, 5) is 27.7. The number of aromatic nitrogens is 3. The van der Waals surface area contributed by atoms with Gasteiger partial charge in [0.15, 0.2) is 9.84 Å². The van der Waals surface area contributed by atoms with Gasteiger partial charge in [0.1, 0.15) is 29.3 Å². The zero-order valence-electron chi connectivity index (χ0n) is 21.9. The fourth-order valence-corrected chi connectivity index (χ4v) is 5.66. The molecule has 2 saturated heterocycles. The largest absolute Gasteiger partial charge is 0.489 e. The molecule has 0 aliphatic carbocycles. The van der Waals surface area contributed by atoms with E-state index in [1.165, 1.54) is 12.0 Å². The first-order chi connectivity index (χ1) is 19.3. The van der Waals surface area contributed by atoms with Crippen molar-refractivity contribution in [2.45, 2.75) is 18.9 Å². The third-order valence-electron chi connectivity index (χ3n) is 6.67. The van der Waals surface area contributed by atoms with Crippen LogP contribution in [0.5, 0.6) is 11.6 Å². The minimum atomic E-state index is -3.12. The lowest BCUT2D eigenvalue weighted by atomic mass is 10.1. The van der Waals surface area contributed by atoms with Crippen LogP contribution >= 0.6 is 0 Å². The molecule has 1 N–H and O–H groups in total. The van der Waals surface area contributed by atoms with Gasteiger partial charge >= 0.3 is 0 Å². The number of nitrogens with zero attached hydrogens (tertiary/aromatic N) is 5. The van der Waals surface area contributed by atoms with E-state index in [0.717, 1.165) is 18.4 Å². The molecule has 40 heavy (non-hydrogen) atoms. The fraction of sp³-hybridized carbons (Fsp3) is 0.370. The molecule has 5 rings (SSSR count). The van der Waals surface area contributed by atoms with Crippen molar-refractivity contribution >= 4 is 27.5 Å². The Hall–Kier alpha value is -4.28. The zero-order chi connectivity index (χ0) is 28.1. The fourth-order valence-electron chi connectivity index (χ4n) is 4.46. The molecule has 1 amide bonds. The van der Waals surface area contributed by atoms with Gasteiger partial charge < -0.3 is 24.4 Å². The van der Waals surface area contributed by atoms with Gasteiger partial charge in [-0.15, -0.1) is 0 Å². The molecule has 2 fully saturated rings. The number of carbonyl (C=O) groups excluding carboxylic acids is 1. The number of anilines is 2. The first kappa shape index (κ1) is 27.3. The quantitative estimate of drug-likeness (QED) is 0.450. The van der Waals surface area contributed by atoms with Gasteiger partial charge in [-0.3, -0.25) is 4.79 Å². The number of pyridine rings is 1. The van der Waals surface area contributed by atoms with Gasteiger partial charge in [-0.2, -0.15) is 10.2 Å². The first-order valence-electron chi connectivity index (χ1n) is 12.8. The molecular formula is C27H28N6O6S. The average Bonchev–Trinajstić information content (AvgIpc) is 2.97. The average molecular weight is 565 g/mol. The van der Waals surface area contributed by atoms with Crippen LogP contribution in [0, 0.1) is 11.3 Å². The van der Waals surface area contributed by atoms with Crippen molar-refractivity contribution in [1.82, 2.24) is 19.9 Å². The molecule has 12 nitrogen and oxygen atoms in total. The Morgan fingerprint density at radius 1 is 1.12 bits per heavy atom. The second kappa shape index (κ2) is 11.8. The molecule has 2 aliphatic rings. The van der Waals surface area contributed by atoms with Gasteiger partial charge in [0.2, 0.25) is 11.8 Å². The van der Waals surface area contributed by atoms with Crippen molar-refractivity contribution in [1.29, 1.82) is 5.26 Å². The van der Waals surface area contributed by atoms with Crippen LogP contribution in [0.3, 0.4) is 0 Å². The van der Waals surface area contributed by atoms with Crippen molar-refractivity contribution in [2.75, 3.05) is 50.2 Å². The molecule has 0 spiro atoms. The summed E-state index contributed by atoms with van der Waals surface area (Å²) in [7, 11) is -1.71. The summed E-state index contributed by atoms with van der Waals surface area (Å²) in [5.74, 6) is 0.757. The number of rotatable bonds is 7. The van der Waals surface area contributed by atoms with Gasteiger partial charge in [-0.25, -0.2) is 18.4 Å². The van der Waals surface area contributed by atoms with E-state index in [-0.39, 0.29) is 54.0 Å². The summed E-state index contributed by atoms with van der Waals surface area (Å²) < 4.78 is 40.2. The number of nitrogens with one attached hydrogen (secondary N) is 1. The van der Waals surface area contributed by atoms with E-state index in [2.05, 4.69) is 26.3 Å². The lowest BCUT2D eigenvalue weighted by molar-refractivity contribution is 0.0254. The monoisotopic (exact) mass is 564 g/mol. The predicted octanol–water partition coefficient (Wildman–Crippen LogP) is 2.59. The lowest BCUT2D eigenvalue weighted by Crippen LogP contribution is -2.43. The maximum Gasteiger partial charge on any atom is 0.259 e. The second-order valence-electron chi connectivity index (χ2n) is 9.34. The molecule has 4 heterocycles. The number of carbonyl (C=O) groups is 1. The summed E-state index contributed by atoms with van der Waals surface area (Å²) in [6.45, 7) is 1.54. The van der Waals surface area contributed by atoms with Gasteiger partial charge in [-0.1, -0.05) is 0 Å². The van der Waals surface area contributed by atoms with Gasteiger partial charge in [0, 0.05) is 37.7 Å². The van der Waals surface area contributed by atoms with Gasteiger partial charge in [0.25, 0.3) is 5.91 Å². The summed E-state index contributed by atoms with van der Waals surface area (Å²) in [6, 6.07) is 12.5. The minimum absolute atomic E-state index is 0.0173. The number of hydrogen-bond acceptors (Lipinski definition) is 11. The summed E-state index contributed by atoms with van der Waals surface area (Å²) in [5, 5.41) is 12.7. The van der Waals surface area contributed by atoms with Crippen LogP contribution in [0.4, 0.5) is 11.8 Å². The molecule has 0 unspecified atom stereocenters. The summed E-state index contributed by atoms with van der Waals surface area (Å²) >= 11 is 0. The number of amides is 1. The Labute approximate surface area is 231 Å². The molecule has 0 saturated carbocycles. The van der Waals surface area contributed by atoms with E-state index in [4.69, 9.17) is 14.2 Å². The van der Waals surface area contributed by atoms with Gasteiger partial charge in [0.05, 0.1) is 43.1 Å². The summed E-state index contributed by atoms with van der Waals surface area (Å²) in [6.07, 6.45) is 3.17. The smallest absolute Gasteiger partial charge is 0.259 e. The number of benzene rings is 1. The molecule has 0 atom stereocenters. The third-order valence-corrected chi connectivity index (χ3v) is 8.28. The zero-order valence-corrected chi connectivity index (χ0v) is 22.7. The number of sulfone groups is 1. The van der Waals surface area contributed by atoms with Crippen LogP contribution < -0.4 is 14.8 Å². The molecule has 13 heteroatoms. The lowest BCUT2D eigenvalue weighted by Gasteiger charge is -2.27. The van der Waals surface area contributed by atoms with Crippen LogP contribution in [0.1, 0.15) is 28.8 Å². The maximum atomic E-state index is 13.0. The van der Waals surface area contributed by atoms with Crippen molar-refractivity contribution in [3.05, 3.63) is 53.7 Å². The molecule has 208 valence electrons. The minimum Gasteiger partial charge on any atom is -0.489 e. The highest BCUT2D eigenvalue weighted by molar-refractivity contribution is 7.91. The topological polar surface area (TPSA) is 157 Å². The van der Waals surface area contributed by atoms with Crippen LogP contribution in [0.25, 0.3) is 11.3 Å². The number of methoxy groups -OCH3 is 1. The molecule has 3 aromatic rings. The van der Waals surface area contributed by atoms with E-state index in [0.29, 0.717) is 36.0 Å². The van der Waals surface area contributed by atoms with Crippen molar-refractivity contribution < 1.29 is 27.4 Å². The Bertz CT molecular complexity index is 1540. The third kappa shape index (κ3) is 6.30. The standard InChI is InChI=1S/C27H28N6O6S/c1-37-25-21(26(34)33-10-14-40(35,36)15-11-33)3-5-24(31-25)32-27-29-9-6-22(30-27)18-2-4-23(19(16-18)17-28)39-20-7-12-38-13-8-20/h2-6,9,16,20H,7-8,10-15H2,1H3,(H,29,30,31,32). The van der Waals surface area contributed by atoms with Gasteiger partial charge in [-0.05, 0) is 36.4 Å². The first-order valence-corrected chi connectivity index (χ1v) is 14.6. The van der Waals surface area contributed by atoms with E-state index in [1.54, 1.807) is 36.5 Å². The number of nitriles is 1. The molecular weight excluding hydrogens is 536 g/mol. The molecule has 1 aromatic carbocycles. The van der Waals surface area contributed by atoms with E-state index in [1.807, 2.05) is 6.07 Å². The molecule has 2 aromatic heterocycles. The highest BCUT2D eigenvalue weighted by Gasteiger charge is 2.28. The van der Waals surface area contributed by atoms with E-state index < -0.39 is 9.84 Å². The summed E-state index contributed by atoms with van der Waals surface area (Å²) in [5.41, 5.74) is 1.95. The molecule has 0 bridgehead atoms. The second-order valence-corrected chi connectivity index (χ2v) is 11.6. The predicted molar refractivity (Wildman–Crippen MR) is 145 cm³/mol. The van der Waals surface area contributed by atoms with E-state index in [9.17, 15) is 18.5 Å². The van der Waals surface area contributed by atoms with Crippen molar-refractivity contribution in [3.63, 3.8) is 0 Å². The Kier molecular flexibility index (Phi) is 8.09. The Morgan fingerprint density at radius 2 is 1.90 bits per heavy atom. The molecule has 2 aliphatic heterocycles.